The van der Waals surface area contributed by atoms with Gasteiger partial charge >= 0.3 is 0 Å². The molecule has 2 aliphatic rings. The maximum atomic E-state index is 12.1. The highest BCUT2D eigenvalue weighted by Gasteiger charge is 2.23. The summed E-state index contributed by atoms with van der Waals surface area (Å²) >= 11 is 0. The van der Waals surface area contributed by atoms with Gasteiger partial charge in [-0.15, -0.1) is 0 Å². The van der Waals surface area contributed by atoms with Gasteiger partial charge in [-0.05, 0) is 19.4 Å². The van der Waals surface area contributed by atoms with Crippen LogP contribution < -0.4 is 10.6 Å². The molecule has 2 saturated heterocycles. The van der Waals surface area contributed by atoms with Crippen LogP contribution in [0.4, 0.5) is 0 Å². The van der Waals surface area contributed by atoms with Crippen molar-refractivity contribution in [3.05, 3.63) is 0 Å². The molecule has 0 saturated carbocycles. The van der Waals surface area contributed by atoms with Crippen molar-refractivity contribution < 1.29 is 14.4 Å². The fraction of sp³-hybridized carbons (Fsp3) is 0.800. The third-order valence-electron chi connectivity index (χ3n) is 4.34. The van der Waals surface area contributed by atoms with Gasteiger partial charge < -0.3 is 20.4 Å². The van der Waals surface area contributed by atoms with Crippen LogP contribution in [0.3, 0.4) is 0 Å². The fourth-order valence-electron chi connectivity index (χ4n) is 2.92. The van der Waals surface area contributed by atoms with Crippen LogP contribution in [0.1, 0.15) is 32.6 Å². The van der Waals surface area contributed by atoms with E-state index in [1.165, 1.54) is 0 Å². The normalized spacial score (nSPS) is 22.3. The predicted octanol–water partition coefficient (Wildman–Crippen LogP) is -0.674. The van der Waals surface area contributed by atoms with Crippen molar-refractivity contribution in [2.75, 3.05) is 39.3 Å². The third-order valence-corrected chi connectivity index (χ3v) is 4.34. The van der Waals surface area contributed by atoms with Crippen LogP contribution >= 0.6 is 0 Å². The summed E-state index contributed by atoms with van der Waals surface area (Å²) in [6.07, 6.45) is 3.38. The van der Waals surface area contributed by atoms with Gasteiger partial charge in [0.05, 0.1) is 6.04 Å². The van der Waals surface area contributed by atoms with Crippen molar-refractivity contribution in [3.63, 3.8) is 0 Å². The molecule has 0 aromatic carbocycles. The van der Waals surface area contributed by atoms with Gasteiger partial charge in [0.25, 0.3) is 0 Å². The Bertz CT molecular complexity index is 413. The minimum atomic E-state index is -0.108. The van der Waals surface area contributed by atoms with E-state index >= 15 is 0 Å². The maximum absolute atomic E-state index is 12.1. The monoisotopic (exact) mass is 310 g/mol. The van der Waals surface area contributed by atoms with Crippen LogP contribution in [0.15, 0.2) is 0 Å². The largest absolute Gasteiger partial charge is 0.354 e. The van der Waals surface area contributed by atoms with Gasteiger partial charge in [-0.2, -0.15) is 0 Å². The van der Waals surface area contributed by atoms with Crippen LogP contribution in [0.25, 0.3) is 0 Å². The highest BCUT2D eigenvalue weighted by molar-refractivity contribution is 5.83. The summed E-state index contributed by atoms with van der Waals surface area (Å²) in [5.41, 5.74) is 0. The lowest BCUT2D eigenvalue weighted by Crippen LogP contribution is -2.51. The molecule has 1 unspecified atom stereocenters. The Morgan fingerprint density at radius 2 is 1.77 bits per heavy atom. The Hall–Kier alpha value is -1.63. The summed E-state index contributed by atoms with van der Waals surface area (Å²) in [6, 6.07) is -0.108. The van der Waals surface area contributed by atoms with E-state index in [1.807, 2.05) is 0 Å². The van der Waals surface area contributed by atoms with Gasteiger partial charge in [0.2, 0.25) is 17.7 Å². The molecule has 2 heterocycles. The standard InChI is InChI=1S/C15H26N4O3/c1-12(20)18-8-10-19(11-9-18)14(21)5-7-17-15(22)13-4-2-3-6-16-13/h13,16H,2-11H2,1H3,(H,17,22). The second-order valence-electron chi connectivity index (χ2n) is 5.93. The molecular formula is C15H26N4O3. The number of piperazine rings is 1. The highest BCUT2D eigenvalue weighted by atomic mass is 16.2. The maximum Gasteiger partial charge on any atom is 0.237 e. The smallest absolute Gasteiger partial charge is 0.237 e. The number of hydrogen-bond donors (Lipinski definition) is 2. The summed E-state index contributed by atoms with van der Waals surface area (Å²) in [4.78, 5) is 38.8. The van der Waals surface area contributed by atoms with E-state index in [1.54, 1.807) is 16.7 Å². The number of amides is 3. The summed E-state index contributed by atoms with van der Waals surface area (Å²) < 4.78 is 0. The Morgan fingerprint density at radius 1 is 1.09 bits per heavy atom. The molecule has 22 heavy (non-hydrogen) atoms. The predicted molar refractivity (Wildman–Crippen MR) is 82.1 cm³/mol. The summed E-state index contributed by atoms with van der Waals surface area (Å²) in [5, 5.41) is 6.03. The van der Waals surface area contributed by atoms with Crippen molar-refractivity contribution in [2.24, 2.45) is 0 Å². The number of carbonyl (C=O) groups is 3. The van der Waals surface area contributed by atoms with Crippen LogP contribution in [-0.4, -0.2) is 72.8 Å². The van der Waals surface area contributed by atoms with Crippen molar-refractivity contribution in [3.8, 4) is 0 Å². The summed E-state index contributed by atoms with van der Waals surface area (Å²) in [7, 11) is 0. The zero-order chi connectivity index (χ0) is 15.9. The molecule has 124 valence electrons. The van der Waals surface area contributed by atoms with Crippen LogP contribution in [-0.2, 0) is 14.4 Å². The van der Waals surface area contributed by atoms with Gasteiger partial charge in [-0.1, -0.05) is 6.42 Å². The molecule has 0 aromatic heterocycles. The van der Waals surface area contributed by atoms with Crippen LogP contribution in [0, 0.1) is 0 Å². The first kappa shape index (κ1) is 16.7. The van der Waals surface area contributed by atoms with E-state index in [0.717, 1.165) is 25.8 Å². The molecule has 1 atom stereocenters. The Balaban J connectivity index is 1.63. The van der Waals surface area contributed by atoms with E-state index in [-0.39, 0.29) is 23.8 Å². The first-order chi connectivity index (χ1) is 10.6. The van der Waals surface area contributed by atoms with E-state index in [0.29, 0.717) is 39.1 Å². The minimum Gasteiger partial charge on any atom is -0.354 e. The number of carbonyl (C=O) groups excluding carboxylic acids is 3. The molecule has 2 rings (SSSR count). The number of hydrogen-bond acceptors (Lipinski definition) is 4. The minimum absolute atomic E-state index is 0.00565. The van der Waals surface area contributed by atoms with E-state index < -0.39 is 0 Å². The van der Waals surface area contributed by atoms with Gasteiger partial charge in [0.1, 0.15) is 0 Å². The fourth-order valence-corrected chi connectivity index (χ4v) is 2.92. The number of nitrogens with zero attached hydrogens (tertiary/aromatic N) is 2. The second kappa shape index (κ2) is 8.12. The van der Waals surface area contributed by atoms with Crippen LogP contribution in [0.2, 0.25) is 0 Å². The molecule has 0 bridgehead atoms. The van der Waals surface area contributed by atoms with Gasteiger partial charge in [0, 0.05) is 46.1 Å². The molecular weight excluding hydrogens is 284 g/mol. The first-order valence-electron chi connectivity index (χ1n) is 8.12. The van der Waals surface area contributed by atoms with Crippen molar-refractivity contribution >= 4 is 17.7 Å². The Labute approximate surface area is 131 Å². The SMILES string of the molecule is CC(=O)N1CCN(C(=O)CCNC(=O)C2CCCCN2)CC1. The Morgan fingerprint density at radius 3 is 2.36 bits per heavy atom. The quantitative estimate of drug-likeness (QED) is 0.721. The topological polar surface area (TPSA) is 81.8 Å². The van der Waals surface area contributed by atoms with Gasteiger partial charge in [0.15, 0.2) is 0 Å². The third kappa shape index (κ3) is 4.69. The number of rotatable bonds is 4. The molecule has 2 N–H and O–H groups in total. The van der Waals surface area contributed by atoms with E-state index in [4.69, 9.17) is 0 Å². The molecule has 3 amide bonds. The Kier molecular flexibility index (Phi) is 6.18. The first-order valence-corrected chi connectivity index (χ1v) is 8.12. The average Bonchev–Trinajstić information content (AvgIpc) is 2.55. The van der Waals surface area contributed by atoms with Crippen LogP contribution in [0.5, 0.6) is 0 Å². The summed E-state index contributed by atoms with van der Waals surface area (Å²) in [6.45, 7) is 5.17. The zero-order valence-electron chi connectivity index (χ0n) is 13.3. The van der Waals surface area contributed by atoms with Crippen molar-refractivity contribution in [2.45, 2.75) is 38.6 Å². The van der Waals surface area contributed by atoms with Crippen molar-refractivity contribution in [1.82, 2.24) is 20.4 Å². The zero-order valence-corrected chi connectivity index (χ0v) is 13.3. The molecule has 2 aliphatic heterocycles. The molecule has 7 nitrogen and oxygen atoms in total. The van der Waals surface area contributed by atoms with Gasteiger partial charge in [-0.25, -0.2) is 0 Å². The molecule has 0 spiro atoms. The lowest BCUT2D eigenvalue weighted by molar-refractivity contribution is -0.138. The van der Waals surface area contributed by atoms with Gasteiger partial charge in [-0.3, -0.25) is 14.4 Å². The second-order valence-corrected chi connectivity index (χ2v) is 5.93. The lowest BCUT2D eigenvalue weighted by atomic mass is 10.0. The summed E-state index contributed by atoms with van der Waals surface area (Å²) in [5.74, 6) is 0.0911. The van der Waals surface area contributed by atoms with Crippen molar-refractivity contribution in [1.29, 1.82) is 0 Å². The molecule has 2 fully saturated rings. The molecule has 0 aliphatic carbocycles. The number of piperidine rings is 1. The van der Waals surface area contributed by atoms with E-state index in [2.05, 4.69) is 10.6 Å². The molecule has 7 heteroatoms. The molecule has 0 aromatic rings. The van der Waals surface area contributed by atoms with E-state index in [9.17, 15) is 14.4 Å². The number of nitrogens with one attached hydrogen (secondary N) is 2. The molecule has 0 radical (unpaired) electrons. The lowest BCUT2D eigenvalue weighted by Gasteiger charge is -2.34. The highest BCUT2D eigenvalue weighted by Crippen LogP contribution is 2.07. The average molecular weight is 310 g/mol.